The van der Waals surface area contributed by atoms with Gasteiger partial charge >= 0.3 is 0 Å². The van der Waals surface area contributed by atoms with Gasteiger partial charge in [0.05, 0.1) is 22.4 Å². The highest BCUT2D eigenvalue weighted by Gasteiger charge is 2.37. The van der Waals surface area contributed by atoms with Crippen molar-refractivity contribution in [1.82, 2.24) is 4.98 Å². The first-order chi connectivity index (χ1) is 8.64. The average molecular weight is 281 g/mol. The van der Waals surface area contributed by atoms with Gasteiger partial charge in [0, 0.05) is 0 Å². The van der Waals surface area contributed by atoms with Crippen LogP contribution in [-0.4, -0.2) is 27.9 Å². The summed E-state index contributed by atoms with van der Waals surface area (Å²) in [4.78, 5) is 17.1. The highest BCUT2D eigenvalue weighted by atomic mass is 32.2. The van der Waals surface area contributed by atoms with Gasteiger partial charge in [-0.1, -0.05) is 23.2 Å². The van der Waals surface area contributed by atoms with Crippen LogP contribution in [0.3, 0.4) is 0 Å². The van der Waals surface area contributed by atoms with E-state index < -0.39 is 0 Å². The molecular formula is C12H15N3OS2. The summed E-state index contributed by atoms with van der Waals surface area (Å²) in [6.45, 7) is 2.32. The first kappa shape index (κ1) is 13.4. The van der Waals surface area contributed by atoms with Crippen molar-refractivity contribution in [3.05, 3.63) is 11.1 Å². The Balaban J connectivity index is 2.01. The van der Waals surface area contributed by atoms with Gasteiger partial charge in [0.25, 0.3) is 0 Å². The van der Waals surface area contributed by atoms with Gasteiger partial charge < -0.3 is 11.1 Å². The number of anilines is 1. The van der Waals surface area contributed by atoms with Crippen LogP contribution in [0, 0.1) is 11.8 Å². The fraction of sp³-hybridized carbons (Fsp3) is 0.500. The molecule has 3 N–H and O–H groups in total. The average Bonchev–Trinajstić information content (AvgIpc) is 2.97. The van der Waals surface area contributed by atoms with E-state index in [2.05, 4.69) is 22.1 Å². The Kier molecular flexibility index (Phi) is 4.27. The number of hydrogen-bond acceptors (Lipinski definition) is 5. The maximum atomic E-state index is 12.1. The number of nitrogens with two attached hydrogens (primary N) is 1. The van der Waals surface area contributed by atoms with E-state index in [0.29, 0.717) is 11.7 Å². The molecule has 1 amide bonds. The number of thioether (sulfide) groups is 1. The molecule has 1 saturated heterocycles. The van der Waals surface area contributed by atoms with Crippen LogP contribution in [0.15, 0.2) is 6.20 Å². The number of nitrogens with one attached hydrogen (secondary N) is 1. The first-order valence-electron chi connectivity index (χ1n) is 5.74. The molecule has 1 aromatic rings. The summed E-state index contributed by atoms with van der Waals surface area (Å²) in [7, 11) is 0. The van der Waals surface area contributed by atoms with Crippen LogP contribution >= 0.6 is 23.1 Å². The molecule has 1 fully saturated rings. The fourth-order valence-corrected chi connectivity index (χ4v) is 3.61. The maximum Gasteiger partial charge on any atom is 0.242 e. The van der Waals surface area contributed by atoms with Crippen molar-refractivity contribution >= 4 is 34.1 Å². The number of thiazole rings is 1. The third-order valence-corrected chi connectivity index (χ3v) is 5.09. The van der Waals surface area contributed by atoms with Crippen molar-refractivity contribution < 1.29 is 4.79 Å². The van der Waals surface area contributed by atoms with E-state index in [0.717, 1.165) is 23.5 Å². The minimum Gasteiger partial charge on any atom is -0.320 e. The summed E-state index contributed by atoms with van der Waals surface area (Å²) >= 11 is 3.09. The first-order valence-corrected chi connectivity index (χ1v) is 7.54. The van der Waals surface area contributed by atoms with Crippen molar-refractivity contribution in [2.45, 2.75) is 24.5 Å². The van der Waals surface area contributed by atoms with E-state index >= 15 is 0 Å². The number of nitrogens with zero attached hydrogens (tertiary/aromatic N) is 1. The Morgan fingerprint density at radius 3 is 3.22 bits per heavy atom. The highest BCUT2D eigenvalue weighted by Crippen LogP contribution is 2.38. The topological polar surface area (TPSA) is 68.0 Å². The molecule has 1 aliphatic heterocycles. The second-order valence-electron chi connectivity index (χ2n) is 4.17. The van der Waals surface area contributed by atoms with Gasteiger partial charge in [-0.05, 0) is 25.5 Å². The number of carbonyl (C=O) groups is 1. The van der Waals surface area contributed by atoms with Crippen molar-refractivity contribution in [1.29, 1.82) is 0 Å². The van der Waals surface area contributed by atoms with E-state index in [1.807, 2.05) is 6.92 Å². The lowest BCUT2D eigenvalue weighted by Gasteiger charge is -2.20. The normalized spacial score (nSPS) is 22.3. The number of carbonyl (C=O) groups excluding carboxylic acids is 1. The number of aromatic nitrogens is 1. The van der Waals surface area contributed by atoms with Crippen LogP contribution < -0.4 is 11.1 Å². The second-order valence-corrected chi connectivity index (χ2v) is 6.80. The van der Waals surface area contributed by atoms with E-state index in [1.165, 1.54) is 11.3 Å². The minimum atomic E-state index is -0.311. The lowest BCUT2D eigenvalue weighted by atomic mass is 10.1. The molecule has 0 bridgehead atoms. The largest absolute Gasteiger partial charge is 0.320 e. The molecule has 4 nitrogen and oxygen atoms in total. The number of hydrogen-bond donors (Lipinski definition) is 2. The molecule has 1 aliphatic rings. The molecule has 2 rings (SSSR count). The van der Waals surface area contributed by atoms with E-state index in [-0.39, 0.29) is 10.7 Å². The molecule has 0 aromatic carbocycles. The highest BCUT2D eigenvalue weighted by molar-refractivity contribution is 8.01. The molecule has 0 radical (unpaired) electrons. The van der Waals surface area contributed by atoms with Crippen LogP contribution in [-0.2, 0) is 4.79 Å². The van der Waals surface area contributed by atoms with Crippen LogP contribution in [0.1, 0.15) is 24.6 Å². The molecule has 1 atom stereocenters. The molecule has 18 heavy (non-hydrogen) atoms. The zero-order chi connectivity index (χ0) is 13.0. The van der Waals surface area contributed by atoms with Crippen LogP contribution in [0.25, 0.3) is 0 Å². The number of rotatable bonds is 2. The monoisotopic (exact) mass is 281 g/mol. The molecular weight excluding hydrogens is 266 g/mol. The molecule has 96 valence electrons. The van der Waals surface area contributed by atoms with Gasteiger partial charge in [-0.3, -0.25) is 4.79 Å². The van der Waals surface area contributed by atoms with Crippen molar-refractivity contribution in [2.24, 2.45) is 5.73 Å². The summed E-state index contributed by atoms with van der Waals surface area (Å²) in [6, 6.07) is 0. The smallest absolute Gasteiger partial charge is 0.242 e. The molecule has 0 aliphatic carbocycles. The van der Waals surface area contributed by atoms with Crippen molar-refractivity contribution in [2.75, 3.05) is 17.6 Å². The Morgan fingerprint density at radius 2 is 2.56 bits per heavy atom. The van der Waals surface area contributed by atoms with Gasteiger partial charge in [-0.15, -0.1) is 11.8 Å². The minimum absolute atomic E-state index is 0.0395. The van der Waals surface area contributed by atoms with Crippen molar-refractivity contribution in [3.8, 4) is 11.8 Å². The van der Waals surface area contributed by atoms with E-state index in [9.17, 15) is 4.79 Å². The number of amides is 1. The lowest BCUT2D eigenvalue weighted by Crippen LogP contribution is -2.34. The van der Waals surface area contributed by atoms with Crippen LogP contribution in [0.4, 0.5) is 5.13 Å². The molecule has 6 heteroatoms. The van der Waals surface area contributed by atoms with Gasteiger partial charge in [0.15, 0.2) is 5.13 Å². The Morgan fingerprint density at radius 1 is 1.72 bits per heavy atom. The van der Waals surface area contributed by atoms with Gasteiger partial charge in [0.1, 0.15) is 0 Å². The predicted molar refractivity (Wildman–Crippen MR) is 76.8 cm³/mol. The summed E-state index contributed by atoms with van der Waals surface area (Å²) in [5, 5.41) is 3.48. The molecule has 0 saturated carbocycles. The molecule has 2 heterocycles. The van der Waals surface area contributed by atoms with E-state index in [4.69, 9.17) is 5.73 Å². The van der Waals surface area contributed by atoms with E-state index in [1.54, 1.807) is 18.0 Å². The summed E-state index contributed by atoms with van der Waals surface area (Å²) in [5.74, 6) is 6.76. The fourth-order valence-electron chi connectivity index (χ4n) is 1.72. The lowest BCUT2D eigenvalue weighted by molar-refractivity contribution is -0.118. The summed E-state index contributed by atoms with van der Waals surface area (Å²) in [6.07, 6.45) is 3.68. The standard InChI is InChI=1S/C12H15N3OS2/c1-12(5-3-7-17-12)10(16)15-11-14-8-9(18-11)4-2-6-13/h8H,3,5-7,13H2,1H3,(H,14,15,16). The van der Waals surface area contributed by atoms with Crippen LogP contribution in [0.5, 0.6) is 0 Å². The third-order valence-electron chi connectivity index (χ3n) is 2.74. The maximum absolute atomic E-state index is 12.1. The predicted octanol–water partition coefficient (Wildman–Crippen LogP) is 1.68. The second kappa shape index (κ2) is 5.74. The van der Waals surface area contributed by atoms with Gasteiger partial charge in [0.2, 0.25) is 5.91 Å². The van der Waals surface area contributed by atoms with Gasteiger partial charge in [-0.2, -0.15) is 0 Å². The summed E-state index contributed by atoms with van der Waals surface area (Å²) in [5.41, 5.74) is 5.30. The van der Waals surface area contributed by atoms with Crippen LogP contribution in [0.2, 0.25) is 0 Å². The quantitative estimate of drug-likeness (QED) is 0.809. The summed E-state index contributed by atoms with van der Waals surface area (Å²) < 4.78 is -0.311. The van der Waals surface area contributed by atoms with Crippen molar-refractivity contribution in [3.63, 3.8) is 0 Å². The zero-order valence-corrected chi connectivity index (χ0v) is 11.8. The van der Waals surface area contributed by atoms with Gasteiger partial charge in [-0.25, -0.2) is 4.98 Å². The molecule has 0 spiro atoms. The molecule has 1 unspecified atom stereocenters. The third kappa shape index (κ3) is 3.05. The molecule has 1 aromatic heterocycles. The Hall–Kier alpha value is -1.03. The SMILES string of the molecule is CC1(C(=O)Nc2ncc(C#CCN)s2)CCCS1. The zero-order valence-electron chi connectivity index (χ0n) is 10.2. The Labute approximate surface area is 115 Å². The Bertz CT molecular complexity index is 495.